The van der Waals surface area contributed by atoms with Gasteiger partial charge in [0.25, 0.3) is 5.91 Å². The predicted molar refractivity (Wildman–Crippen MR) is 73.0 cm³/mol. The monoisotopic (exact) mass is 273 g/mol. The summed E-state index contributed by atoms with van der Waals surface area (Å²) >= 11 is 0. The normalized spacial score (nSPS) is 13.9. The van der Waals surface area contributed by atoms with Crippen molar-refractivity contribution in [2.75, 3.05) is 18.9 Å². The molecule has 1 amide bonds. The lowest BCUT2D eigenvalue weighted by Gasteiger charge is -2.16. The van der Waals surface area contributed by atoms with Crippen LogP contribution in [0, 0.1) is 0 Å². The lowest BCUT2D eigenvalue weighted by atomic mass is 10.1. The lowest BCUT2D eigenvalue weighted by Crippen LogP contribution is -2.32. The fourth-order valence-electron chi connectivity index (χ4n) is 2.53. The van der Waals surface area contributed by atoms with E-state index in [2.05, 4.69) is 15.3 Å². The first-order valence-corrected chi connectivity index (χ1v) is 6.41. The van der Waals surface area contributed by atoms with Crippen LogP contribution in [0.1, 0.15) is 16.1 Å². The molecule has 2 aromatic rings. The number of aliphatic hydroxyl groups excluding tert-OH is 1. The van der Waals surface area contributed by atoms with Gasteiger partial charge >= 0.3 is 0 Å². The van der Waals surface area contributed by atoms with Gasteiger partial charge in [-0.2, -0.15) is 0 Å². The van der Waals surface area contributed by atoms with Crippen LogP contribution >= 0.6 is 0 Å². The van der Waals surface area contributed by atoms with Gasteiger partial charge < -0.3 is 20.7 Å². The molecule has 0 aromatic carbocycles. The summed E-state index contributed by atoms with van der Waals surface area (Å²) in [5.41, 5.74) is 8.59. The van der Waals surface area contributed by atoms with Gasteiger partial charge in [0.05, 0.1) is 23.6 Å². The highest BCUT2D eigenvalue weighted by molar-refractivity contribution is 5.97. The lowest BCUT2D eigenvalue weighted by molar-refractivity contribution is 0.0945. The Morgan fingerprint density at radius 3 is 3.10 bits per heavy atom. The molecule has 0 aliphatic carbocycles. The topological polar surface area (TPSA) is 106 Å². The van der Waals surface area contributed by atoms with Gasteiger partial charge in [-0.15, -0.1) is 0 Å². The molecule has 1 aliphatic heterocycles. The molecule has 0 saturated carbocycles. The predicted octanol–water partition coefficient (Wildman–Crippen LogP) is -0.195. The maximum atomic E-state index is 11.9. The number of aliphatic hydroxyl groups is 1. The van der Waals surface area contributed by atoms with Crippen molar-refractivity contribution in [2.24, 2.45) is 0 Å². The summed E-state index contributed by atoms with van der Waals surface area (Å²) in [6.45, 7) is 1.02. The second-order valence-corrected chi connectivity index (χ2v) is 4.57. The molecule has 3 rings (SSSR count). The van der Waals surface area contributed by atoms with Gasteiger partial charge in [-0.25, -0.2) is 9.97 Å². The molecule has 1 aliphatic rings. The van der Waals surface area contributed by atoms with E-state index in [-0.39, 0.29) is 18.5 Å². The Hall–Kier alpha value is -2.41. The third-order valence-electron chi connectivity index (χ3n) is 3.36. The number of anilines is 1. The van der Waals surface area contributed by atoms with E-state index in [1.165, 1.54) is 0 Å². The molecule has 4 N–H and O–H groups in total. The van der Waals surface area contributed by atoms with Crippen molar-refractivity contribution in [1.29, 1.82) is 0 Å². The number of nitrogen functional groups attached to an aromatic ring is 1. The molecule has 3 heterocycles. The van der Waals surface area contributed by atoms with Crippen LogP contribution in [0.25, 0.3) is 11.4 Å². The molecule has 0 fully saturated rings. The summed E-state index contributed by atoms with van der Waals surface area (Å²) in [7, 11) is 0. The number of carbonyl (C=O) groups excluding carboxylic acids is 1. The zero-order valence-electron chi connectivity index (χ0n) is 10.8. The minimum absolute atomic E-state index is 0.00367. The van der Waals surface area contributed by atoms with E-state index in [9.17, 15) is 9.90 Å². The van der Waals surface area contributed by atoms with Crippen LogP contribution in [0.15, 0.2) is 18.3 Å². The van der Waals surface area contributed by atoms with Crippen molar-refractivity contribution in [3.05, 3.63) is 29.6 Å². The first-order valence-electron chi connectivity index (χ1n) is 6.41. The third kappa shape index (κ3) is 2.01. The Bertz CT molecular complexity index is 665. The fraction of sp³-hybridized carbons (Fsp3) is 0.308. The molecule has 7 nitrogen and oxygen atoms in total. The van der Waals surface area contributed by atoms with Crippen molar-refractivity contribution in [2.45, 2.75) is 13.0 Å². The maximum absolute atomic E-state index is 11.9. The molecule has 0 bridgehead atoms. The molecule has 0 spiro atoms. The number of nitrogens with zero attached hydrogens (tertiary/aromatic N) is 3. The van der Waals surface area contributed by atoms with Gasteiger partial charge in [0, 0.05) is 31.4 Å². The van der Waals surface area contributed by atoms with E-state index in [0.29, 0.717) is 24.3 Å². The highest BCUT2D eigenvalue weighted by Crippen LogP contribution is 2.27. The van der Waals surface area contributed by atoms with Crippen molar-refractivity contribution in [3.63, 3.8) is 0 Å². The van der Waals surface area contributed by atoms with E-state index >= 15 is 0 Å². The number of aromatic nitrogens is 3. The third-order valence-corrected chi connectivity index (χ3v) is 3.36. The Kier molecular flexibility index (Phi) is 3.11. The van der Waals surface area contributed by atoms with Crippen molar-refractivity contribution >= 4 is 11.9 Å². The number of carbonyl (C=O) groups is 1. The molecule has 0 radical (unpaired) electrons. The van der Waals surface area contributed by atoms with Crippen LogP contribution < -0.4 is 11.1 Å². The summed E-state index contributed by atoms with van der Waals surface area (Å²) in [6, 6.07) is 3.53. The summed E-state index contributed by atoms with van der Waals surface area (Å²) < 4.78 is 1.93. The highest BCUT2D eigenvalue weighted by Gasteiger charge is 2.24. The van der Waals surface area contributed by atoms with E-state index in [1.807, 2.05) is 4.57 Å². The molecule has 0 atom stereocenters. The summed E-state index contributed by atoms with van der Waals surface area (Å²) in [5, 5.41) is 12.1. The van der Waals surface area contributed by atoms with Crippen LogP contribution in [0.3, 0.4) is 0 Å². The number of nitrogens with one attached hydrogen (secondary N) is 1. The summed E-state index contributed by atoms with van der Waals surface area (Å²) in [4.78, 5) is 20.0. The number of rotatable bonds is 3. The van der Waals surface area contributed by atoms with Gasteiger partial charge in [-0.1, -0.05) is 0 Å². The number of hydrogen-bond acceptors (Lipinski definition) is 5. The van der Waals surface area contributed by atoms with Crippen LogP contribution in [-0.4, -0.2) is 38.7 Å². The Morgan fingerprint density at radius 1 is 1.50 bits per heavy atom. The zero-order chi connectivity index (χ0) is 14.1. The molecule has 0 unspecified atom stereocenters. The molecule has 104 valence electrons. The Morgan fingerprint density at radius 2 is 2.35 bits per heavy atom. The molecule has 2 aromatic heterocycles. The molecule has 7 heteroatoms. The van der Waals surface area contributed by atoms with Crippen LogP contribution in [0.2, 0.25) is 0 Å². The average molecular weight is 273 g/mol. The second-order valence-electron chi connectivity index (χ2n) is 4.57. The standard InChI is InChI=1S/C13H15N5O2/c14-13-16-3-1-9(17-13)11-7-8-10(18(11)5-6-19)2-4-15-12(8)20/h1,3,7,19H,2,4-6H2,(H,15,20)(H2,14,16,17). The Balaban J connectivity index is 2.17. The number of hydrogen-bond donors (Lipinski definition) is 3. The van der Waals surface area contributed by atoms with Crippen molar-refractivity contribution < 1.29 is 9.90 Å². The molecule has 0 saturated heterocycles. The quantitative estimate of drug-likeness (QED) is 0.718. The minimum Gasteiger partial charge on any atom is -0.395 e. The number of fused-ring (bicyclic) bond motifs is 1. The molecular weight excluding hydrogens is 258 g/mol. The number of amides is 1. The zero-order valence-corrected chi connectivity index (χ0v) is 10.8. The fourth-order valence-corrected chi connectivity index (χ4v) is 2.53. The van der Waals surface area contributed by atoms with Gasteiger partial charge in [-0.05, 0) is 12.1 Å². The van der Waals surface area contributed by atoms with Gasteiger partial charge in [0.1, 0.15) is 0 Å². The first kappa shape index (κ1) is 12.6. The largest absolute Gasteiger partial charge is 0.395 e. The van der Waals surface area contributed by atoms with Crippen molar-refractivity contribution in [1.82, 2.24) is 19.9 Å². The second kappa shape index (κ2) is 4.93. The van der Waals surface area contributed by atoms with Crippen molar-refractivity contribution in [3.8, 4) is 11.4 Å². The summed E-state index contributed by atoms with van der Waals surface area (Å²) in [5.74, 6) is 0.0906. The minimum atomic E-state index is -0.0915. The molecular formula is C13H15N5O2. The first-order chi connectivity index (χ1) is 9.70. The SMILES string of the molecule is Nc1nccc(-c2cc3c(n2CCO)CCNC3=O)n1. The van der Waals surface area contributed by atoms with Crippen LogP contribution in [-0.2, 0) is 13.0 Å². The van der Waals surface area contributed by atoms with E-state index in [1.54, 1.807) is 18.3 Å². The Labute approximate surface area is 115 Å². The maximum Gasteiger partial charge on any atom is 0.253 e. The van der Waals surface area contributed by atoms with Gasteiger partial charge in [0.2, 0.25) is 5.95 Å². The van der Waals surface area contributed by atoms with E-state index < -0.39 is 0 Å². The van der Waals surface area contributed by atoms with Gasteiger partial charge in [0.15, 0.2) is 0 Å². The smallest absolute Gasteiger partial charge is 0.253 e. The van der Waals surface area contributed by atoms with E-state index in [0.717, 1.165) is 17.8 Å². The number of nitrogens with two attached hydrogens (primary N) is 1. The summed E-state index contributed by atoms with van der Waals surface area (Å²) in [6.07, 6.45) is 2.31. The molecule has 20 heavy (non-hydrogen) atoms. The van der Waals surface area contributed by atoms with E-state index in [4.69, 9.17) is 5.73 Å². The highest BCUT2D eigenvalue weighted by atomic mass is 16.3. The van der Waals surface area contributed by atoms with Crippen LogP contribution in [0.5, 0.6) is 0 Å². The average Bonchev–Trinajstić information content (AvgIpc) is 2.80. The van der Waals surface area contributed by atoms with Gasteiger partial charge in [-0.3, -0.25) is 4.79 Å². The van der Waals surface area contributed by atoms with Crippen LogP contribution in [0.4, 0.5) is 5.95 Å².